The lowest BCUT2D eigenvalue weighted by molar-refractivity contribution is 0.587. The second-order valence-electron chi connectivity index (χ2n) is 6.21. The van der Waals surface area contributed by atoms with Gasteiger partial charge in [-0.3, -0.25) is 0 Å². The lowest BCUT2D eigenvalue weighted by Crippen LogP contribution is -2.19. The molecule has 0 aliphatic heterocycles. The summed E-state index contributed by atoms with van der Waals surface area (Å²) in [5.41, 5.74) is 9.30. The number of anilines is 2. The molecule has 0 saturated carbocycles. The molecule has 0 unspecified atom stereocenters. The van der Waals surface area contributed by atoms with E-state index in [-0.39, 0.29) is 5.41 Å². The summed E-state index contributed by atoms with van der Waals surface area (Å²) in [5, 5.41) is 0. The first-order valence-corrected chi connectivity index (χ1v) is 6.89. The van der Waals surface area contributed by atoms with Crippen molar-refractivity contribution in [3.05, 3.63) is 53.7 Å². The zero-order valence-corrected chi connectivity index (χ0v) is 12.7. The van der Waals surface area contributed by atoms with E-state index in [4.69, 9.17) is 5.73 Å². The molecule has 0 radical (unpaired) electrons. The predicted octanol–water partition coefficient (Wildman–Crippen LogP) is 3.60. The summed E-state index contributed by atoms with van der Waals surface area (Å²) in [6, 6.07) is 12.2. The van der Waals surface area contributed by atoms with E-state index in [2.05, 4.69) is 48.9 Å². The van der Waals surface area contributed by atoms with E-state index in [1.54, 1.807) is 0 Å². The minimum Gasteiger partial charge on any atom is -0.398 e. The maximum Gasteiger partial charge on any atom is 0.128 e. The summed E-state index contributed by atoms with van der Waals surface area (Å²) >= 11 is 0. The molecule has 0 atom stereocenters. The van der Waals surface area contributed by atoms with Crippen LogP contribution in [0.2, 0.25) is 0 Å². The highest BCUT2D eigenvalue weighted by molar-refractivity contribution is 5.49. The predicted molar refractivity (Wildman–Crippen MR) is 85.9 cm³/mol. The second kappa shape index (κ2) is 5.53. The molecular weight excluding hydrogens is 246 g/mol. The van der Waals surface area contributed by atoms with Crippen LogP contribution in [0.5, 0.6) is 0 Å². The third kappa shape index (κ3) is 3.29. The summed E-state index contributed by atoms with van der Waals surface area (Å²) in [6.45, 7) is 7.34. The van der Waals surface area contributed by atoms with Crippen molar-refractivity contribution < 1.29 is 0 Å². The van der Waals surface area contributed by atoms with Gasteiger partial charge in [-0.1, -0.05) is 45.0 Å². The number of benzene rings is 1. The van der Waals surface area contributed by atoms with Crippen LogP contribution in [0.4, 0.5) is 11.5 Å². The molecule has 2 N–H and O–H groups in total. The number of aromatic nitrogens is 1. The maximum atomic E-state index is 5.98. The molecule has 1 aromatic heterocycles. The summed E-state index contributed by atoms with van der Waals surface area (Å²) in [7, 11) is 2.03. The van der Waals surface area contributed by atoms with E-state index in [1.807, 2.05) is 31.4 Å². The molecule has 0 saturated heterocycles. The Labute approximate surface area is 121 Å². The van der Waals surface area contributed by atoms with Crippen LogP contribution in [0.25, 0.3) is 0 Å². The largest absolute Gasteiger partial charge is 0.398 e. The van der Waals surface area contributed by atoms with Gasteiger partial charge in [0.25, 0.3) is 0 Å². The molecule has 0 amide bonds. The summed E-state index contributed by atoms with van der Waals surface area (Å²) in [6.07, 6.45) is 1.96. The maximum absolute atomic E-state index is 5.98. The highest BCUT2D eigenvalue weighted by atomic mass is 15.2. The Morgan fingerprint density at radius 2 is 1.80 bits per heavy atom. The highest BCUT2D eigenvalue weighted by Crippen LogP contribution is 2.23. The lowest BCUT2D eigenvalue weighted by atomic mass is 9.88. The number of rotatable bonds is 3. The fourth-order valence-corrected chi connectivity index (χ4v) is 2.07. The fraction of sp³-hybridized carbons (Fsp3) is 0.353. The van der Waals surface area contributed by atoms with Gasteiger partial charge < -0.3 is 10.6 Å². The summed E-state index contributed by atoms with van der Waals surface area (Å²) < 4.78 is 0. The van der Waals surface area contributed by atoms with Crippen molar-refractivity contribution in [2.24, 2.45) is 0 Å². The van der Waals surface area contributed by atoms with E-state index in [9.17, 15) is 0 Å². The second-order valence-corrected chi connectivity index (χ2v) is 6.21. The number of hydrogen-bond acceptors (Lipinski definition) is 3. The van der Waals surface area contributed by atoms with Gasteiger partial charge in [-0.15, -0.1) is 0 Å². The van der Waals surface area contributed by atoms with E-state index in [0.717, 1.165) is 23.6 Å². The Bertz CT molecular complexity index is 568. The van der Waals surface area contributed by atoms with Gasteiger partial charge in [-0.05, 0) is 28.7 Å². The number of nitrogen functional groups attached to an aromatic ring is 1. The average Bonchev–Trinajstić information content (AvgIpc) is 2.40. The molecule has 106 valence electrons. The van der Waals surface area contributed by atoms with Crippen molar-refractivity contribution in [3.8, 4) is 0 Å². The Balaban J connectivity index is 2.14. The van der Waals surface area contributed by atoms with Crippen LogP contribution >= 0.6 is 0 Å². The highest BCUT2D eigenvalue weighted by Gasteiger charge is 2.14. The fourth-order valence-electron chi connectivity index (χ4n) is 2.07. The first-order valence-electron chi connectivity index (χ1n) is 6.89. The normalized spacial score (nSPS) is 11.4. The van der Waals surface area contributed by atoms with E-state index in [1.165, 1.54) is 5.56 Å². The van der Waals surface area contributed by atoms with Gasteiger partial charge in [-0.2, -0.15) is 0 Å². The van der Waals surface area contributed by atoms with Crippen LogP contribution in [0.15, 0.2) is 42.6 Å². The lowest BCUT2D eigenvalue weighted by Gasteiger charge is -2.22. The standard InChI is InChI=1S/C17H23N3/c1-17(2,3)14-9-10-16(19-11-14)20(4)12-13-7-5-6-8-15(13)18/h5-11H,12,18H2,1-4H3. The van der Waals surface area contributed by atoms with Crippen molar-refractivity contribution in [1.82, 2.24) is 4.98 Å². The van der Waals surface area contributed by atoms with E-state index in [0.29, 0.717) is 0 Å². The SMILES string of the molecule is CN(Cc1ccccc1N)c1ccc(C(C)(C)C)cn1. The van der Waals surface area contributed by atoms with Crippen LogP contribution in [-0.2, 0) is 12.0 Å². The Kier molecular flexibility index (Phi) is 3.98. The van der Waals surface area contributed by atoms with Gasteiger partial charge in [-0.25, -0.2) is 4.98 Å². The van der Waals surface area contributed by atoms with Crippen molar-refractivity contribution in [1.29, 1.82) is 0 Å². The molecule has 20 heavy (non-hydrogen) atoms. The monoisotopic (exact) mass is 269 g/mol. The van der Waals surface area contributed by atoms with Gasteiger partial charge in [0, 0.05) is 25.5 Å². The van der Waals surface area contributed by atoms with Gasteiger partial charge >= 0.3 is 0 Å². The van der Waals surface area contributed by atoms with Crippen molar-refractivity contribution in [2.45, 2.75) is 32.7 Å². The van der Waals surface area contributed by atoms with Crippen LogP contribution in [0.1, 0.15) is 31.9 Å². The zero-order chi connectivity index (χ0) is 14.8. The molecule has 0 aliphatic carbocycles. The minimum absolute atomic E-state index is 0.133. The van der Waals surface area contributed by atoms with Gasteiger partial charge in [0.2, 0.25) is 0 Å². The number of hydrogen-bond donors (Lipinski definition) is 1. The Hall–Kier alpha value is -2.03. The van der Waals surface area contributed by atoms with Crippen molar-refractivity contribution >= 4 is 11.5 Å². The molecule has 2 aromatic rings. The third-order valence-electron chi connectivity index (χ3n) is 3.47. The Morgan fingerprint density at radius 3 is 2.35 bits per heavy atom. The topological polar surface area (TPSA) is 42.1 Å². The third-order valence-corrected chi connectivity index (χ3v) is 3.47. The minimum atomic E-state index is 0.133. The molecule has 0 bridgehead atoms. The molecule has 2 rings (SSSR count). The Morgan fingerprint density at radius 1 is 1.10 bits per heavy atom. The van der Waals surface area contributed by atoms with Crippen molar-refractivity contribution in [2.75, 3.05) is 17.7 Å². The molecular formula is C17H23N3. The summed E-state index contributed by atoms with van der Waals surface area (Å²) in [4.78, 5) is 6.67. The summed E-state index contributed by atoms with van der Waals surface area (Å²) in [5.74, 6) is 0.959. The first kappa shape index (κ1) is 14.4. The molecule has 0 spiro atoms. The van der Waals surface area contributed by atoms with Gasteiger partial charge in [0.15, 0.2) is 0 Å². The van der Waals surface area contributed by atoms with Crippen LogP contribution in [0.3, 0.4) is 0 Å². The van der Waals surface area contributed by atoms with Gasteiger partial charge in [0.1, 0.15) is 5.82 Å². The van der Waals surface area contributed by atoms with Crippen LogP contribution in [-0.4, -0.2) is 12.0 Å². The molecule has 3 heteroatoms. The number of pyridine rings is 1. The van der Waals surface area contributed by atoms with E-state index >= 15 is 0 Å². The first-order chi connectivity index (χ1) is 9.38. The van der Waals surface area contributed by atoms with Crippen LogP contribution < -0.4 is 10.6 Å². The average molecular weight is 269 g/mol. The van der Waals surface area contributed by atoms with Gasteiger partial charge in [0.05, 0.1) is 0 Å². The molecule has 1 heterocycles. The zero-order valence-electron chi connectivity index (χ0n) is 12.7. The molecule has 1 aromatic carbocycles. The number of para-hydroxylation sites is 1. The molecule has 0 fully saturated rings. The molecule has 0 aliphatic rings. The smallest absolute Gasteiger partial charge is 0.128 e. The van der Waals surface area contributed by atoms with Crippen molar-refractivity contribution in [3.63, 3.8) is 0 Å². The number of nitrogens with two attached hydrogens (primary N) is 1. The van der Waals surface area contributed by atoms with Crippen LogP contribution in [0, 0.1) is 0 Å². The molecule has 3 nitrogen and oxygen atoms in total. The number of nitrogens with zero attached hydrogens (tertiary/aromatic N) is 2. The quantitative estimate of drug-likeness (QED) is 0.866. The van der Waals surface area contributed by atoms with E-state index < -0.39 is 0 Å².